The van der Waals surface area contributed by atoms with E-state index in [2.05, 4.69) is 32.1 Å². The van der Waals surface area contributed by atoms with Crippen molar-refractivity contribution in [2.45, 2.75) is 0 Å². The summed E-state index contributed by atoms with van der Waals surface area (Å²) in [5, 5.41) is 2.74. The average Bonchev–Trinajstić information content (AvgIpc) is 2.65. The minimum Gasteiger partial charge on any atom is -0.497 e. The van der Waals surface area contributed by atoms with Crippen LogP contribution in [0.5, 0.6) is 11.5 Å². The molecule has 2 aromatic carbocycles. The lowest BCUT2D eigenvalue weighted by atomic mass is 10.2. The van der Waals surface area contributed by atoms with Crippen LogP contribution in [0.15, 0.2) is 46.9 Å². The molecule has 0 heterocycles. The number of rotatable bonds is 5. The highest BCUT2D eigenvalue weighted by Gasteiger charge is 2.10. The van der Waals surface area contributed by atoms with Crippen molar-refractivity contribution >= 4 is 56.7 Å². The minimum absolute atomic E-state index is 0.0640. The summed E-state index contributed by atoms with van der Waals surface area (Å²) >= 11 is 14.2. The van der Waals surface area contributed by atoms with Crippen molar-refractivity contribution in [3.63, 3.8) is 0 Å². The maximum atomic E-state index is 12.0. The van der Waals surface area contributed by atoms with E-state index in [0.29, 0.717) is 22.1 Å². The van der Waals surface area contributed by atoms with Gasteiger partial charge in [0.2, 0.25) is 0 Å². The molecular weight excluding hydrogens is 458 g/mol. The van der Waals surface area contributed by atoms with Crippen molar-refractivity contribution in [3.05, 3.63) is 57.5 Å². The van der Waals surface area contributed by atoms with Crippen molar-refractivity contribution < 1.29 is 19.1 Å². The Morgan fingerprint density at radius 2 is 1.85 bits per heavy atom. The van der Waals surface area contributed by atoms with Crippen LogP contribution in [0.3, 0.4) is 0 Å². The first-order chi connectivity index (χ1) is 12.9. The SMILES string of the molecule is COc1ccc(C(=O)NC(=S)NNC(=O)COc2ccc(Br)cc2Cl)cc1. The summed E-state index contributed by atoms with van der Waals surface area (Å²) in [4.78, 5) is 23.8. The van der Waals surface area contributed by atoms with Gasteiger partial charge in [-0.1, -0.05) is 27.5 Å². The fourth-order valence-corrected chi connectivity index (χ4v) is 2.72. The molecule has 142 valence electrons. The van der Waals surface area contributed by atoms with E-state index in [1.54, 1.807) is 42.5 Å². The molecule has 0 bridgehead atoms. The Bertz CT molecular complexity index is 849. The average molecular weight is 473 g/mol. The summed E-state index contributed by atoms with van der Waals surface area (Å²) in [6.45, 7) is -0.288. The lowest BCUT2D eigenvalue weighted by Crippen LogP contribution is -2.49. The summed E-state index contributed by atoms with van der Waals surface area (Å²) in [5.41, 5.74) is 5.13. The maximum Gasteiger partial charge on any atom is 0.276 e. The van der Waals surface area contributed by atoms with Crippen molar-refractivity contribution in [1.82, 2.24) is 16.2 Å². The number of carbonyl (C=O) groups is 2. The molecule has 0 aliphatic carbocycles. The molecule has 0 saturated carbocycles. The molecule has 0 aliphatic heterocycles. The molecule has 3 N–H and O–H groups in total. The van der Waals surface area contributed by atoms with E-state index < -0.39 is 11.8 Å². The van der Waals surface area contributed by atoms with Crippen molar-refractivity contribution in [2.24, 2.45) is 0 Å². The normalized spacial score (nSPS) is 9.89. The Kier molecular flexibility index (Phi) is 7.83. The molecule has 10 heteroatoms. The van der Waals surface area contributed by atoms with Crippen LogP contribution in [0.1, 0.15) is 10.4 Å². The molecule has 0 radical (unpaired) electrons. The van der Waals surface area contributed by atoms with Crippen LogP contribution >= 0.6 is 39.7 Å². The zero-order valence-corrected chi connectivity index (χ0v) is 17.2. The molecular formula is C17H15BrClN3O4S. The van der Waals surface area contributed by atoms with Crippen LogP contribution in [0, 0.1) is 0 Å². The Hall–Kier alpha value is -2.36. The molecule has 27 heavy (non-hydrogen) atoms. The number of hydrazine groups is 1. The maximum absolute atomic E-state index is 12.0. The topological polar surface area (TPSA) is 88.7 Å². The summed E-state index contributed by atoms with van der Waals surface area (Å²) < 4.78 is 11.1. The van der Waals surface area contributed by atoms with Gasteiger partial charge in [-0.2, -0.15) is 0 Å². The third-order valence-electron chi connectivity index (χ3n) is 3.15. The van der Waals surface area contributed by atoms with E-state index in [1.807, 2.05) is 0 Å². The lowest BCUT2D eigenvalue weighted by molar-refractivity contribution is -0.123. The van der Waals surface area contributed by atoms with Crippen LogP contribution in [0.25, 0.3) is 0 Å². The molecule has 0 aromatic heterocycles. The number of amides is 2. The van der Waals surface area contributed by atoms with Crippen molar-refractivity contribution in [1.29, 1.82) is 0 Å². The fraction of sp³-hybridized carbons (Fsp3) is 0.118. The number of hydrogen-bond acceptors (Lipinski definition) is 5. The second-order valence-corrected chi connectivity index (χ2v) is 6.78. The number of thiocarbonyl (C=S) groups is 1. The van der Waals surface area contributed by atoms with Crippen LogP contribution in [0.2, 0.25) is 5.02 Å². The number of methoxy groups -OCH3 is 1. The molecule has 2 rings (SSSR count). The molecule has 0 aliphatic rings. The monoisotopic (exact) mass is 471 g/mol. The van der Waals surface area contributed by atoms with E-state index >= 15 is 0 Å². The van der Waals surface area contributed by atoms with Crippen LogP contribution in [0.4, 0.5) is 0 Å². The van der Waals surface area contributed by atoms with Gasteiger partial charge >= 0.3 is 0 Å². The summed E-state index contributed by atoms with van der Waals surface area (Å²) in [6, 6.07) is 11.5. The smallest absolute Gasteiger partial charge is 0.276 e. The van der Waals surface area contributed by atoms with Crippen LogP contribution in [-0.2, 0) is 4.79 Å². The van der Waals surface area contributed by atoms with Gasteiger partial charge in [0.25, 0.3) is 11.8 Å². The Morgan fingerprint density at radius 3 is 2.48 bits per heavy atom. The molecule has 0 spiro atoms. The van der Waals surface area contributed by atoms with Gasteiger partial charge < -0.3 is 9.47 Å². The van der Waals surface area contributed by atoms with Gasteiger partial charge in [0, 0.05) is 10.0 Å². The van der Waals surface area contributed by atoms with Gasteiger partial charge in [0.15, 0.2) is 11.7 Å². The Balaban J connectivity index is 1.75. The van der Waals surface area contributed by atoms with Crippen molar-refractivity contribution in [2.75, 3.05) is 13.7 Å². The number of ether oxygens (including phenoxy) is 2. The Morgan fingerprint density at radius 1 is 1.15 bits per heavy atom. The number of nitrogens with one attached hydrogen (secondary N) is 3. The quantitative estimate of drug-likeness (QED) is 0.458. The second kappa shape index (κ2) is 10.1. The lowest BCUT2D eigenvalue weighted by Gasteiger charge is -2.12. The number of halogens is 2. The van der Waals surface area contributed by atoms with E-state index in [0.717, 1.165) is 4.47 Å². The van der Waals surface area contributed by atoms with Gasteiger partial charge in [-0.05, 0) is 54.7 Å². The minimum atomic E-state index is -0.505. The first-order valence-electron chi connectivity index (χ1n) is 7.51. The second-order valence-electron chi connectivity index (χ2n) is 5.05. The highest BCUT2D eigenvalue weighted by molar-refractivity contribution is 9.10. The van der Waals surface area contributed by atoms with Gasteiger partial charge in [-0.15, -0.1) is 0 Å². The highest BCUT2D eigenvalue weighted by atomic mass is 79.9. The highest BCUT2D eigenvalue weighted by Crippen LogP contribution is 2.27. The first-order valence-corrected chi connectivity index (χ1v) is 9.09. The predicted octanol–water partition coefficient (Wildman–Crippen LogP) is 2.83. The largest absolute Gasteiger partial charge is 0.497 e. The zero-order chi connectivity index (χ0) is 19.8. The molecule has 0 unspecified atom stereocenters. The molecule has 2 amide bonds. The van der Waals surface area contributed by atoms with E-state index in [1.165, 1.54) is 7.11 Å². The van der Waals surface area contributed by atoms with Gasteiger partial charge in [-0.25, -0.2) is 0 Å². The molecule has 0 atom stereocenters. The van der Waals surface area contributed by atoms with Crippen LogP contribution in [-0.4, -0.2) is 30.6 Å². The zero-order valence-electron chi connectivity index (χ0n) is 14.0. The summed E-state index contributed by atoms with van der Waals surface area (Å²) in [7, 11) is 1.53. The van der Waals surface area contributed by atoms with Crippen molar-refractivity contribution in [3.8, 4) is 11.5 Å². The van der Waals surface area contributed by atoms with Gasteiger partial charge in [0.05, 0.1) is 12.1 Å². The predicted molar refractivity (Wildman–Crippen MR) is 109 cm³/mol. The third kappa shape index (κ3) is 6.70. The van der Waals surface area contributed by atoms with E-state index in [9.17, 15) is 9.59 Å². The summed E-state index contributed by atoms with van der Waals surface area (Å²) in [5.74, 6) is 0.0631. The molecule has 0 fully saturated rings. The number of hydrogen-bond donors (Lipinski definition) is 3. The molecule has 2 aromatic rings. The standard InChI is InChI=1S/C17H15BrClN3O4S/c1-25-12-5-2-10(3-6-12)16(24)20-17(27)22-21-15(23)9-26-14-7-4-11(18)8-13(14)19/h2-8H,9H2,1H3,(H,21,23)(H2,20,22,24,27). The van der Waals surface area contributed by atoms with Gasteiger partial charge in [0.1, 0.15) is 11.5 Å². The summed E-state index contributed by atoms with van der Waals surface area (Å²) in [6.07, 6.45) is 0. The van der Waals surface area contributed by atoms with E-state index in [-0.39, 0.29) is 11.7 Å². The third-order valence-corrected chi connectivity index (χ3v) is 4.14. The molecule has 7 nitrogen and oxygen atoms in total. The Labute approximate surface area is 174 Å². The van der Waals surface area contributed by atoms with Gasteiger partial charge in [-0.3, -0.25) is 25.8 Å². The first kappa shape index (κ1) is 20.9. The van der Waals surface area contributed by atoms with E-state index in [4.69, 9.17) is 33.3 Å². The number of benzene rings is 2. The molecule has 0 saturated heterocycles. The number of carbonyl (C=O) groups excluding carboxylic acids is 2. The van der Waals surface area contributed by atoms with Crippen LogP contribution < -0.4 is 25.6 Å². The fourth-order valence-electron chi connectivity index (χ4n) is 1.85.